The van der Waals surface area contributed by atoms with Gasteiger partial charge in [0, 0.05) is 19.8 Å². The van der Waals surface area contributed by atoms with Gasteiger partial charge in [0.05, 0.1) is 22.0 Å². The van der Waals surface area contributed by atoms with E-state index >= 15 is 0 Å². The van der Waals surface area contributed by atoms with Crippen molar-refractivity contribution in [3.05, 3.63) is 35.7 Å². The summed E-state index contributed by atoms with van der Waals surface area (Å²) >= 11 is 0. The molecule has 1 aromatic heterocycles. The molecule has 1 aromatic carbocycles. The minimum atomic E-state index is -3.48. The Balaban J connectivity index is 2.54. The Kier molecular flexibility index (Phi) is 3.58. The molecule has 7 heteroatoms. The van der Waals surface area contributed by atoms with E-state index in [0.717, 1.165) is 15.7 Å². The van der Waals surface area contributed by atoms with Crippen molar-refractivity contribution in [3.63, 3.8) is 0 Å². The van der Waals surface area contributed by atoms with Gasteiger partial charge in [-0.05, 0) is 38.1 Å². The van der Waals surface area contributed by atoms with Crippen LogP contribution in [0, 0.1) is 13.8 Å². The molecule has 2 aromatic rings. The third-order valence-electron chi connectivity index (χ3n) is 3.02. The van der Waals surface area contributed by atoms with E-state index in [1.807, 2.05) is 19.9 Å². The van der Waals surface area contributed by atoms with E-state index in [0.29, 0.717) is 11.4 Å². The molecule has 20 heavy (non-hydrogen) atoms. The Morgan fingerprint density at radius 2 is 1.85 bits per heavy atom. The molecule has 0 saturated carbocycles. The van der Waals surface area contributed by atoms with Crippen molar-refractivity contribution in [3.8, 4) is 5.69 Å². The fourth-order valence-corrected chi connectivity index (χ4v) is 2.91. The van der Waals surface area contributed by atoms with Gasteiger partial charge >= 0.3 is 0 Å². The molecule has 0 saturated heterocycles. The predicted molar refractivity (Wildman–Crippen MR) is 78.3 cm³/mol. The molecule has 0 spiro atoms. The molecule has 0 fully saturated rings. The lowest BCUT2D eigenvalue weighted by atomic mass is 10.2. The zero-order chi connectivity index (χ0) is 15.1. The van der Waals surface area contributed by atoms with Gasteiger partial charge in [-0.25, -0.2) is 17.4 Å². The summed E-state index contributed by atoms with van der Waals surface area (Å²) in [5.74, 6) is 0. The van der Waals surface area contributed by atoms with Crippen molar-refractivity contribution >= 4 is 15.7 Å². The predicted octanol–water partition coefficient (Wildman–Crippen LogP) is 1.32. The van der Waals surface area contributed by atoms with Gasteiger partial charge in [-0.2, -0.15) is 5.10 Å². The normalized spacial score (nSPS) is 12.1. The Labute approximate surface area is 118 Å². The summed E-state index contributed by atoms with van der Waals surface area (Å²) in [4.78, 5) is 0.172. The second kappa shape index (κ2) is 4.92. The largest absolute Gasteiger partial charge is 0.397 e. The molecule has 6 nitrogen and oxygen atoms in total. The Bertz CT molecular complexity index is 748. The summed E-state index contributed by atoms with van der Waals surface area (Å²) in [7, 11) is -0.506. The SMILES string of the molecule is Cc1cc(C)n(-c2ccc(S(=O)(=O)N(C)C)cc2N)n1. The van der Waals surface area contributed by atoms with Gasteiger partial charge in [0.1, 0.15) is 0 Å². The van der Waals surface area contributed by atoms with Gasteiger partial charge in [-0.3, -0.25) is 0 Å². The summed E-state index contributed by atoms with van der Waals surface area (Å²) in [5.41, 5.74) is 8.86. The smallest absolute Gasteiger partial charge is 0.242 e. The molecule has 2 N–H and O–H groups in total. The van der Waals surface area contributed by atoms with Crippen LogP contribution in [-0.2, 0) is 10.0 Å². The standard InChI is InChI=1S/C13H18N4O2S/c1-9-7-10(2)17(15-9)13-6-5-11(8-12(13)14)20(18,19)16(3)4/h5-8H,14H2,1-4H3. The highest BCUT2D eigenvalue weighted by Crippen LogP contribution is 2.24. The number of rotatable bonds is 3. The van der Waals surface area contributed by atoms with Gasteiger partial charge < -0.3 is 5.73 Å². The fraction of sp³-hybridized carbons (Fsp3) is 0.308. The molecular formula is C13H18N4O2S. The number of aryl methyl sites for hydroxylation is 2. The van der Waals surface area contributed by atoms with Gasteiger partial charge in [0.2, 0.25) is 10.0 Å². The maximum Gasteiger partial charge on any atom is 0.242 e. The van der Waals surface area contributed by atoms with Crippen LogP contribution >= 0.6 is 0 Å². The summed E-state index contributed by atoms with van der Waals surface area (Å²) in [6, 6.07) is 6.60. The Morgan fingerprint density at radius 1 is 1.20 bits per heavy atom. The van der Waals surface area contributed by atoms with Crippen LogP contribution in [0.15, 0.2) is 29.2 Å². The summed E-state index contributed by atoms with van der Waals surface area (Å²) in [5, 5.41) is 4.35. The molecule has 0 atom stereocenters. The highest BCUT2D eigenvalue weighted by Gasteiger charge is 2.19. The van der Waals surface area contributed by atoms with E-state index in [-0.39, 0.29) is 4.90 Å². The summed E-state index contributed by atoms with van der Waals surface area (Å²) in [6.45, 7) is 3.81. The van der Waals surface area contributed by atoms with E-state index in [2.05, 4.69) is 5.10 Å². The average molecular weight is 294 g/mol. The highest BCUT2D eigenvalue weighted by molar-refractivity contribution is 7.89. The molecular weight excluding hydrogens is 276 g/mol. The van der Waals surface area contributed by atoms with Crippen molar-refractivity contribution in [2.75, 3.05) is 19.8 Å². The molecule has 2 rings (SSSR count). The topological polar surface area (TPSA) is 81.2 Å². The number of nitrogens with zero attached hydrogens (tertiary/aromatic N) is 3. The first-order valence-electron chi connectivity index (χ1n) is 6.09. The molecule has 0 aliphatic rings. The van der Waals surface area contributed by atoms with E-state index < -0.39 is 10.0 Å². The lowest BCUT2D eigenvalue weighted by Crippen LogP contribution is -2.22. The molecule has 0 unspecified atom stereocenters. The number of benzene rings is 1. The monoisotopic (exact) mass is 294 g/mol. The molecule has 0 aliphatic heterocycles. The molecule has 0 bridgehead atoms. The quantitative estimate of drug-likeness (QED) is 0.866. The fourth-order valence-electron chi connectivity index (χ4n) is 1.97. The van der Waals surface area contributed by atoms with E-state index in [1.54, 1.807) is 10.7 Å². The highest BCUT2D eigenvalue weighted by atomic mass is 32.2. The van der Waals surface area contributed by atoms with Crippen LogP contribution in [0.25, 0.3) is 5.69 Å². The Hall–Kier alpha value is -1.86. The molecule has 108 valence electrons. The van der Waals surface area contributed by atoms with Crippen molar-refractivity contribution in [2.45, 2.75) is 18.7 Å². The second-order valence-electron chi connectivity index (χ2n) is 4.85. The minimum Gasteiger partial charge on any atom is -0.397 e. The van der Waals surface area contributed by atoms with Gasteiger partial charge in [-0.15, -0.1) is 0 Å². The van der Waals surface area contributed by atoms with E-state index in [9.17, 15) is 8.42 Å². The third-order valence-corrected chi connectivity index (χ3v) is 4.83. The number of aromatic nitrogens is 2. The number of nitrogen functional groups attached to an aromatic ring is 1. The first-order valence-corrected chi connectivity index (χ1v) is 7.53. The van der Waals surface area contributed by atoms with Crippen LogP contribution in [0.3, 0.4) is 0 Å². The first-order chi connectivity index (χ1) is 9.23. The first kappa shape index (κ1) is 14.5. The summed E-state index contributed by atoms with van der Waals surface area (Å²) < 4.78 is 27.0. The van der Waals surface area contributed by atoms with Crippen molar-refractivity contribution in [1.82, 2.24) is 14.1 Å². The minimum absolute atomic E-state index is 0.172. The number of hydrogen-bond donors (Lipinski definition) is 1. The van der Waals surface area contributed by atoms with E-state index in [4.69, 9.17) is 5.73 Å². The van der Waals surface area contributed by atoms with Crippen LogP contribution in [-0.4, -0.2) is 36.6 Å². The van der Waals surface area contributed by atoms with Crippen LogP contribution in [0.2, 0.25) is 0 Å². The number of hydrogen-bond acceptors (Lipinski definition) is 4. The molecule has 0 aliphatic carbocycles. The van der Waals surface area contributed by atoms with Crippen LogP contribution in [0.1, 0.15) is 11.4 Å². The molecule has 0 radical (unpaired) electrons. The van der Waals surface area contributed by atoms with Gasteiger partial charge in [0.15, 0.2) is 0 Å². The number of anilines is 1. The lowest BCUT2D eigenvalue weighted by Gasteiger charge is -2.14. The molecule has 1 heterocycles. The average Bonchev–Trinajstić information content (AvgIpc) is 2.68. The Morgan fingerprint density at radius 3 is 2.30 bits per heavy atom. The van der Waals surface area contributed by atoms with Crippen molar-refractivity contribution in [2.24, 2.45) is 0 Å². The van der Waals surface area contributed by atoms with Gasteiger partial charge in [-0.1, -0.05) is 0 Å². The third kappa shape index (κ3) is 2.41. The zero-order valence-corrected chi connectivity index (χ0v) is 12.8. The molecule has 0 amide bonds. The van der Waals surface area contributed by atoms with Crippen LogP contribution in [0.5, 0.6) is 0 Å². The van der Waals surface area contributed by atoms with Crippen molar-refractivity contribution < 1.29 is 8.42 Å². The number of nitrogens with two attached hydrogens (primary N) is 1. The van der Waals surface area contributed by atoms with Crippen molar-refractivity contribution in [1.29, 1.82) is 0 Å². The van der Waals surface area contributed by atoms with E-state index in [1.165, 1.54) is 26.2 Å². The van der Waals surface area contributed by atoms with Gasteiger partial charge in [0.25, 0.3) is 0 Å². The van der Waals surface area contributed by atoms with Crippen LogP contribution < -0.4 is 5.73 Å². The van der Waals surface area contributed by atoms with Crippen LogP contribution in [0.4, 0.5) is 5.69 Å². The number of sulfonamides is 1. The maximum atomic E-state index is 12.1. The maximum absolute atomic E-state index is 12.1. The zero-order valence-electron chi connectivity index (χ0n) is 12.0. The lowest BCUT2D eigenvalue weighted by molar-refractivity contribution is 0.521. The summed E-state index contributed by atoms with van der Waals surface area (Å²) in [6.07, 6.45) is 0. The second-order valence-corrected chi connectivity index (χ2v) is 7.00.